The van der Waals surface area contributed by atoms with Gasteiger partial charge in [0.15, 0.2) is 0 Å². The predicted octanol–water partition coefficient (Wildman–Crippen LogP) is 5.59. The zero-order valence-electron chi connectivity index (χ0n) is 11.8. The normalized spacial score (nSPS) is 12.4. The van der Waals surface area contributed by atoms with E-state index in [2.05, 4.69) is 84.9 Å². The van der Waals surface area contributed by atoms with Crippen LogP contribution in [0.3, 0.4) is 0 Å². The second-order valence-electron chi connectivity index (χ2n) is 5.40. The fourth-order valence-electron chi connectivity index (χ4n) is 3.11. The Labute approximate surface area is 125 Å². The van der Waals surface area contributed by atoms with Crippen molar-refractivity contribution >= 4 is 6.08 Å². The highest BCUT2D eigenvalue weighted by Gasteiger charge is 2.13. The molecule has 0 saturated carbocycles. The van der Waals surface area contributed by atoms with Gasteiger partial charge in [-0.3, -0.25) is 0 Å². The molecule has 0 radical (unpaired) electrons. The summed E-state index contributed by atoms with van der Waals surface area (Å²) in [5.41, 5.74) is 8.02. The molecule has 0 saturated heterocycles. The number of benzene rings is 3. The molecular formula is C21H16. The first kappa shape index (κ1) is 12.2. The van der Waals surface area contributed by atoms with E-state index in [1.54, 1.807) is 0 Å². The molecule has 0 nitrogen and oxygen atoms in total. The first-order chi connectivity index (χ1) is 10.4. The molecule has 0 bridgehead atoms. The van der Waals surface area contributed by atoms with Crippen LogP contribution in [0.1, 0.15) is 11.1 Å². The van der Waals surface area contributed by atoms with Gasteiger partial charge in [0.25, 0.3) is 0 Å². The van der Waals surface area contributed by atoms with Gasteiger partial charge in [0.2, 0.25) is 0 Å². The van der Waals surface area contributed by atoms with Gasteiger partial charge >= 0.3 is 0 Å². The van der Waals surface area contributed by atoms with Crippen molar-refractivity contribution in [1.82, 2.24) is 0 Å². The Balaban J connectivity index is 1.95. The molecule has 0 aliphatic heterocycles. The molecule has 3 aromatic rings. The molecule has 0 heterocycles. The fourth-order valence-corrected chi connectivity index (χ4v) is 3.11. The molecule has 0 spiro atoms. The van der Waals surface area contributed by atoms with Gasteiger partial charge in [0.1, 0.15) is 0 Å². The van der Waals surface area contributed by atoms with Crippen LogP contribution in [0.4, 0.5) is 0 Å². The Kier molecular flexibility index (Phi) is 2.93. The summed E-state index contributed by atoms with van der Waals surface area (Å²) < 4.78 is 0. The number of rotatable bonds is 2. The lowest BCUT2D eigenvalue weighted by Crippen LogP contribution is -1.90. The van der Waals surface area contributed by atoms with Gasteiger partial charge in [-0.05, 0) is 39.8 Å². The summed E-state index contributed by atoms with van der Waals surface area (Å²) in [5.74, 6) is 0. The van der Waals surface area contributed by atoms with Gasteiger partial charge in [-0.25, -0.2) is 0 Å². The van der Waals surface area contributed by atoms with Crippen molar-refractivity contribution in [2.45, 2.75) is 6.42 Å². The summed E-state index contributed by atoms with van der Waals surface area (Å²) in [7, 11) is 0. The topological polar surface area (TPSA) is 0 Å². The molecule has 0 unspecified atom stereocenters. The van der Waals surface area contributed by atoms with Gasteiger partial charge in [-0.1, -0.05) is 84.9 Å². The van der Waals surface area contributed by atoms with E-state index >= 15 is 0 Å². The zero-order chi connectivity index (χ0) is 14.1. The van der Waals surface area contributed by atoms with Gasteiger partial charge < -0.3 is 0 Å². The number of hydrogen-bond acceptors (Lipinski definition) is 0. The average Bonchev–Trinajstić information content (AvgIpc) is 3.04. The number of fused-ring (bicyclic) bond motifs is 1. The van der Waals surface area contributed by atoms with Crippen LogP contribution in [0.15, 0.2) is 78.9 Å². The van der Waals surface area contributed by atoms with Crippen LogP contribution < -0.4 is 0 Å². The molecule has 0 amide bonds. The second-order valence-corrected chi connectivity index (χ2v) is 5.40. The largest absolute Gasteiger partial charge is 0.0795 e. The Bertz CT molecular complexity index is 810. The van der Waals surface area contributed by atoms with Crippen LogP contribution in [0.2, 0.25) is 0 Å². The third-order valence-corrected chi connectivity index (χ3v) is 4.12. The molecule has 4 rings (SSSR count). The highest BCUT2D eigenvalue weighted by molar-refractivity contribution is 5.89. The van der Waals surface area contributed by atoms with E-state index in [1.807, 2.05) is 0 Å². The van der Waals surface area contributed by atoms with Crippen molar-refractivity contribution in [2.24, 2.45) is 0 Å². The first-order valence-corrected chi connectivity index (χ1v) is 7.37. The molecule has 0 fully saturated rings. The minimum absolute atomic E-state index is 1.05. The smallest absolute Gasteiger partial charge is 0.00879 e. The summed E-state index contributed by atoms with van der Waals surface area (Å²) in [6, 6.07) is 25.9. The maximum Gasteiger partial charge on any atom is -0.00879 e. The lowest BCUT2D eigenvalue weighted by Gasteiger charge is -2.13. The van der Waals surface area contributed by atoms with Crippen LogP contribution in [0, 0.1) is 0 Å². The second kappa shape index (κ2) is 5.06. The summed E-state index contributed by atoms with van der Waals surface area (Å²) in [6.45, 7) is 0. The van der Waals surface area contributed by atoms with Crippen LogP contribution in [0.25, 0.3) is 28.3 Å². The van der Waals surface area contributed by atoms with Gasteiger partial charge in [-0.2, -0.15) is 0 Å². The Morgan fingerprint density at radius 1 is 0.571 bits per heavy atom. The van der Waals surface area contributed by atoms with Crippen molar-refractivity contribution in [3.63, 3.8) is 0 Å². The van der Waals surface area contributed by atoms with Crippen molar-refractivity contribution in [3.05, 3.63) is 90.0 Å². The molecule has 0 atom stereocenters. The lowest BCUT2D eigenvalue weighted by atomic mass is 9.91. The number of hydrogen-bond donors (Lipinski definition) is 0. The third-order valence-electron chi connectivity index (χ3n) is 4.12. The molecule has 21 heavy (non-hydrogen) atoms. The summed E-state index contributed by atoms with van der Waals surface area (Å²) in [6.07, 6.45) is 5.56. The Hall–Kier alpha value is -2.60. The van der Waals surface area contributed by atoms with E-state index in [0.29, 0.717) is 0 Å². The van der Waals surface area contributed by atoms with E-state index in [1.165, 1.54) is 33.4 Å². The molecule has 1 aliphatic carbocycles. The minimum Gasteiger partial charge on any atom is -0.0795 e. The van der Waals surface area contributed by atoms with Gasteiger partial charge in [0.05, 0.1) is 0 Å². The maximum atomic E-state index is 2.26. The summed E-state index contributed by atoms with van der Waals surface area (Å²) in [5, 5.41) is 0. The van der Waals surface area contributed by atoms with Crippen molar-refractivity contribution in [3.8, 4) is 22.3 Å². The van der Waals surface area contributed by atoms with Crippen LogP contribution in [-0.2, 0) is 6.42 Å². The number of allylic oxidation sites excluding steroid dienone is 1. The minimum atomic E-state index is 1.05. The molecular weight excluding hydrogens is 252 g/mol. The summed E-state index contributed by atoms with van der Waals surface area (Å²) in [4.78, 5) is 0. The molecule has 1 aliphatic rings. The van der Waals surface area contributed by atoms with E-state index in [9.17, 15) is 0 Å². The molecule has 0 heteroatoms. The standard InChI is InChI=1S/C21H16/c1-2-8-16(9-3-1)18-12-4-5-13-20(18)21-15-7-11-17-10-6-14-19(17)21/h1-9,11-15H,10H2. The van der Waals surface area contributed by atoms with E-state index in [-0.39, 0.29) is 0 Å². The molecule has 100 valence electrons. The van der Waals surface area contributed by atoms with Crippen LogP contribution >= 0.6 is 0 Å². The van der Waals surface area contributed by atoms with Crippen LogP contribution in [-0.4, -0.2) is 0 Å². The zero-order valence-corrected chi connectivity index (χ0v) is 11.8. The van der Waals surface area contributed by atoms with E-state index < -0.39 is 0 Å². The van der Waals surface area contributed by atoms with E-state index in [0.717, 1.165) is 6.42 Å². The van der Waals surface area contributed by atoms with Gasteiger partial charge in [0, 0.05) is 0 Å². The lowest BCUT2D eigenvalue weighted by molar-refractivity contribution is 1.31. The van der Waals surface area contributed by atoms with Crippen molar-refractivity contribution in [1.29, 1.82) is 0 Å². The fraction of sp³-hybridized carbons (Fsp3) is 0.0476. The SMILES string of the molecule is C1=Cc2c(cccc2-c2ccccc2-c2ccccc2)C1. The monoisotopic (exact) mass is 268 g/mol. The van der Waals surface area contributed by atoms with Gasteiger partial charge in [-0.15, -0.1) is 0 Å². The molecule has 0 aromatic heterocycles. The third kappa shape index (κ3) is 2.09. The van der Waals surface area contributed by atoms with Crippen molar-refractivity contribution in [2.75, 3.05) is 0 Å². The predicted molar refractivity (Wildman–Crippen MR) is 90.1 cm³/mol. The Morgan fingerprint density at radius 2 is 1.29 bits per heavy atom. The maximum absolute atomic E-state index is 2.26. The van der Waals surface area contributed by atoms with Crippen molar-refractivity contribution < 1.29 is 0 Å². The highest BCUT2D eigenvalue weighted by atomic mass is 14.2. The molecule has 0 N–H and O–H groups in total. The molecule has 3 aromatic carbocycles. The average molecular weight is 268 g/mol. The highest BCUT2D eigenvalue weighted by Crippen LogP contribution is 2.37. The Morgan fingerprint density at radius 3 is 2.14 bits per heavy atom. The first-order valence-electron chi connectivity index (χ1n) is 7.37. The van der Waals surface area contributed by atoms with E-state index in [4.69, 9.17) is 0 Å². The summed E-state index contributed by atoms with van der Waals surface area (Å²) >= 11 is 0. The van der Waals surface area contributed by atoms with Crippen LogP contribution in [0.5, 0.6) is 0 Å². The quantitative estimate of drug-likeness (QED) is 0.568.